The van der Waals surface area contributed by atoms with Gasteiger partial charge in [0.05, 0.1) is 37.8 Å². The third kappa shape index (κ3) is 2.09. The van der Waals surface area contributed by atoms with Gasteiger partial charge < -0.3 is 0 Å². The van der Waals surface area contributed by atoms with E-state index in [1.165, 1.54) is 4.90 Å². The van der Waals surface area contributed by atoms with Gasteiger partial charge in [-0.3, -0.25) is 9.59 Å². The van der Waals surface area contributed by atoms with Crippen molar-refractivity contribution in [3.05, 3.63) is 101 Å². The second kappa shape index (κ2) is 6.15. The van der Waals surface area contributed by atoms with Crippen LogP contribution in [0.5, 0.6) is 0 Å². The zero-order valence-corrected chi connectivity index (χ0v) is 19.2. The topological polar surface area (TPSA) is 61.2 Å². The van der Waals surface area contributed by atoms with Crippen LogP contribution < -0.4 is 4.90 Å². The molecule has 0 spiro atoms. The fraction of sp³-hybridized carbons (Fsp3) is 0.160. The van der Waals surface area contributed by atoms with Gasteiger partial charge in [-0.15, -0.1) is 0 Å². The van der Waals surface area contributed by atoms with E-state index in [0.717, 1.165) is 22.3 Å². The van der Waals surface area contributed by atoms with Crippen LogP contribution in [0.1, 0.15) is 27.8 Å². The number of benzene rings is 3. The number of nitriles is 1. The molecule has 0 saturated carbocycles. The van der Waals surface area contributed by atoms with Crippen molar-refractivity contribution in [3.8, 4) is 6.07 Å². The molecule has 6 heteroatoms. The number of nitrogens with zero attached hydrogens (tertiary/aromatic N) is 2. The van der Waals surface area contributed by atoms with Crippen molar-refractivity contribution in [2.45, 2.75) is 8.65 Å². The van der Waals surface area contributed by atoms with E-state index in [0.29, 0.717) is 11.3 Å². The molecular formula is C25H14Br2N2O2. The molecule has 7 rings (SSSR count). The van der Waals surface area contributed by atoms with Crippen LogP contribution >= 0.6 is 31.9 Å². The molecule has 0 N–H and O–H groups in total. The van der Waals surface area contributed by atoms with Crippen LogP contribution in [0.3, 0.4) is 0 Å². The summed E-state index contributed by atoms with van der Waals surface area (Å²) in [5.41, 5.74) is 5.01. The number of carbonyl (C=O) groups is 2. The summed E-state index contributed by atoms with van der Waals surface area (Å²) in [6, 6.07) is 24.7. The molecule has 1 fully saturated rings. The molecule has 150 valence electrons. The number of carbonyl (C=O) groups excluding carboxylic acids is 2. The van der Waals surface area contributed by atoms with Crippen molar-refractivity contribution >= 4 is 49.4 Å². The molecule has 0 radical (unpaired) electrons. The molecule has 2 bridgehead atoms. The summed E-state index contributed by atoms with van der Waals surface area (Å²) in [5.74, 6) is -1.66. The average molecular weight is 534 g/mol. The lowest BCUT2D eigenvalue weighted by Crippen LogP contribution is -2.56. The largest absolute Gasteiger partial charge is 0.274 e. The maximum atomic E-state index is 13.9. The highest BCUT2D eigenvalue weighted by atomic mass is 79.9. The van der Waals surface area contributed by atoms with Gasteiger partial charge in [0.25, 0.3) is 0 Å². The molecule has 1 heterocycles. The standard InChI is InChI=1S/C25H14Br2N2O2/c26-24-16-5-1-2-6-17(16)25(27,19-8-4-3-7-18(19)24)21-20(24)22(30)29(23(21)31)15-11-9-14(13-28)10-12-15/h1-12,20-21H/t20-,21+,24?,25?. The number of halogens is 2. The summed E-state index contributed by atoms with van der Waals surface area (Å²) in [6.07, 6.45) is 0. The monoisotopic (exact) mass is 532 g/mol. The van der Waals surface area contributed by atoms with Crippen LogP contribution in [0.25, 0.3) is 0 Å². The maximum Gasteiger partial charge on any atom is 0.239 e. The lowest BCUT2D eigenvalue weighted by atomic mass is 9.54. The average Bonchev–Trinajstić information content (AvgIpc) is 3.08. The summed E-state index contributed by atoms with van der Waals surface area (Å²) < 4.78 is -1.59. The van der Waals surface area contributed by atoms with E-state index in [-0.39, 0.29) is 11.8 Å². The molecule has 2 atom stereocenters. The zero-order valence-electron chi connectivity index (χ0n) is 16.0. The summed E-state index contributed by atoms with van der Waals surface area (Å²) in [5, 5.41) is 9.10. The van der Waals surface area contributed by atoms with E-state index < -0.39 is 20.5 Å². The van der Waals surface area contributed by atoms with E-state index >= 15 is 0 Å². The molecule has 4 nitrogen and oxygen atoms in total. The Labute approximate surface area is 195 Å². The number of alkyl halides is 2. The lowest BCUT2D eigenvalue weighted by Gasteiger charge is -2.55. The molecule has 3 aromatic rings. The Bertz CT molecular complexity index is 1220. The Morgan fingerprint density at radius 3 is 1.45 bits per heavy atom. The SMILES string of the molecule is N#Cc1ccc(N2C(=O)[C@@H]3[C@H](C2=O)C2(Br)c4ccccc4C3(Br)c3ccccc32)cc1. The van der Waals surface area contributed by atoms with E-state index in [9.17, 15) is 9.59 Å². The Hall–Kier alpha value is -2.75. The van der Waals surface area contributed by atoms with Crippen LogP contribution in [-0.2, 0) is 18.2 Å². The maximum absolute atomic E-state index is 13.9. The minimum absolute atomic E-state index is 0.232. The van der Waals surface area contributed by atoms with Crippen molar-refractivity contribution in [3.63, 3.8) is 0 Å². The molecule has 0 unspecified atom stereocenters. The van der Waals surface area contributed by atoms with Crippen LogP contribution in [0.4, 0.5) is 5.69 Å². The van der Waals surface area contributed by atoms with Crippen molar-refractivity contribution < 1.29 is 9.59 Å². The van der Waals surface area contributed by atoms with Crippen molar-refractivity contribution in [1.29, 1.82) is 5.26 Å². The van der Waals surface area contributed by atoms with Crippen LogP contribution in [0.2, 0.25) is 0 Å². The quantitative estimate of drug-likeness (QED) is 0.328. The van der Waals surface area contributed by atoms with Crippen molar-refractivity contribution in [2.24, 2.45) is 11.8 Å². The number of hydrogen-bond acceptors (Lipinski definition) is 3. The third-order valence-electron chi connectivity index (χ3n) is 6.84. The van der Waals surface area contributed by atoms with E-state index in [1.54, 1.807) is 24.3 Å². The highest BCUT2D eigenvalue weighted by Gasteiger charge is 2.72. The first-order chi connectivity index (χ1) is 14.9. The highest BCUT2D eigenvalue weighted by Crippen LogP contribution is 2.70. The van der Waals surface area contributed by atoms with Gasteiger partial charge in [0, 0.05) is 0 Å². The fourth-order valence-electron chi connectivity index (χ4n) is 5.61. The van der Waals surface area contributed by atoms with Gasteiger partial charge in [-0.2, -0.15) is 5.26 Å². The Morgan fingerprint density at radius 2 is 1.10 bits per heavy atom. The van der Waals surface area contributed by atoms with Crippen molar-refractivity contribution in [2.75, 3.05) is 4.90 Å². The van der Waals surface area contributed by atoms with Gasteiger partial charge in [-0.05, 0) is 46.5 Å². The molecule has 3 aliphatic carbocycles. The predicted octanol–water partition coefficient (Wildman–Crippen LogP) is 4.97. The van der Waals surface area contributed by atoms with Gasteiger partial charge in [0.15, 0.2) is 0 Å². The number of hydrogen-bond donors (Lipinski definition) is 0. The van der Waals surface area contributed by atoms with Crippen molar-refractivity contribution in [1.82, 2.24) is 0 Å². The molecule has 31 heavy (non-hydrogen) atoms. The smallest absolute Gasteiger partial charge is 0.239 e. The van der Waals surface area contributed by atoms with E-state index in [2.05, 4.69) is 37.9 Å². The molecule has 2 amide bonds. The normalized spacial score (nSPS) is 29.9. The fourth-order valence-corrected chi connectivity index (χ4v) is 7.91. The van der Waals surface area contributed by atoms with Crippen LogP contribution in [-0.4, -0.2) is 11.8 Å². The molecule has 4 aliphatic rings. The first kappa shape index (κ1) is 19.0. The third-order valence-corrected chi connectivity index (χ3v) is 9.54. The molecule has 0 aromatic heterocycles. The van der Waals surface area contributed by atoms with Gasteiger partial charge in [0.1, 0.15) is 0 Å². The van der Waals surface area contributed by atoms with Gasteiger partial charge in [-0.25, -0.2) is 4.90 Å². The Balaban J connectivity index is 1.63. The van der Waals surface area contributed by atoms with E-state index in [4.69, 9.17) is 5.26 Å². The first-order valence-corrected chi connectivity index (χ1v) is 11.5. The first-order valence-electron chi connectivity index (χ1n) is 9.89. The lowest BCUT2D eigenvalue weighted by molar-refractivity contribution is -0.122. The van der Waals surface area contributed by atoms with Gasteiger partial charge in [-0.1, -0.05) is 80.4 Å². The van der Waals surface area contributed by atoms with Gasteiger partial charge >= 0.3 is 0 Å². The number of rotatable bonds is 1. The highest BCUT2D eigenvalue weighted by molar-refractivity contribution is 9.10. The minimum Gasteiger partial charge on any atom is -0.274 e. The Morgan fingerprint density at radius 1 is 0.710 bits per heavy atom. The zero-order chi connectivity index (χ0) is 21.5. The van der Waals surface area contributed by atoms with Crippen LogP contribution in [0.15, 0.2) is 72.8 Å². The second-order valence-corrected chi connectivity index (χ2v) is 10.6. The number of anilines is 1. The summed E-state index contributed by atoms with van der Waals surface area (Å²) >= 11 is 7.98. The minimum atomic E-state index is -0.797. The molecule has 3 aromatic carbocycles. The van der Waals surface area contributed by atoms with Gasteiger partial charge in [0.2, 0.25) is 11.8 Å². The number of imide groups is 1. The molecule has 1 saturated heterocycles. The molecular weight excluding hydrogens is 520 g/mol. The predicted molar refractivity (Wildman–Crippen MR) is 123 cm³/mol. The second-order valence-electron chi connectivity index (χ2n) is 8.14. The Kier molecular flexibility index (Phi) is 3.77. The van der Waals surface area contributed by atoms with E-state index in [1.807, 2.05) is 48.5 Å². The van der Waals surface area contributed by atoms with Crippen LogP contribution in [0, 0.1) is 23.2 Å². The molecule has 1 aliphatic heterocycles. The summed E-state index contributed by atoms with van der Waals surface area (Å²) in [6.45, 7) is 0. The number of amides is 2. The summed E-state index contributed by atoms with van der Waals surface area (Å²) in [4.78, 5) is 29.0. The summed E-state index contributed by atoms with van der Waals surface area (Å²) in [7, 11) is 0.